The van der Waals surface area contributed by atoms with Crippen LogP contribution in [-0.4, -0.2) is 38.6 Å². The van der Waals surface area contributed by atoms with Crippen LogP contribution in [0.25, 0.3) is 45.1 Å². The van der Waals surface area contributed by atoms with Crippen LogP contribution < -0.4 is 0 Å². The van der Waals surface area contributed by atoms with Crippen molar-refractivity contribution in [2.45, 2.75) is 45.8 Å². The van der Waals surface area contributed by atoms with Gasteiger partial charge in [0.05, 0.1) is 5.52 Å². The molecule has 2 aromatic carbocycles. The number of aryl methyl sites for hydroxylation is 1. The van der Waals surface area contributed by atoms with Gasteiger partial charge < -0.3 is 16.0 Å². The first-order valence-corrected chi connectivity index (χ1v) is 11.8. The maximum Gasteiger partial charge on any atom is 2.00 e. The second-order valence-electron chi connectivity index (χ2n) is 8.91. The molecule has 6 rings (SSSR count). The molecule has 8 nitrogen and oxygen atoms in total. The Balaban J connectivity index is 0.000000176. The minimum Gasteiger partial charge on any atom is -0.679 e. The predicted molar refractivity (Wildman–Crippen MR) is 145 cm³/mol. The minimum absolute atomic E-state index is 0. The van der Waals surface area contributed by atoms with Crippen LogP contribution in [0.3, 0.4) is 0 Å². The average Bonchev–Trinajstić information content (AvgIpc) is 2.84. The minimum atomic E-state index is -1.25. The van der Waals surface area contributed by atoms with Crippen molar-refractivity contribution in [1.29, 1.82) is 0 Å². The van der Waals surface area contributed by atoms with Crippen LogP contribution in [0.4, 0.5) is 17.1 Å². The maximum absolute atomic E-state index is 8.47. The third kappa shape index (κ3) is 6.70. The van der Waals surface area contributed by atoms with Crippen molar-refractivity contribution in [3.8, 4) is 0 Å². The molecule has 0 fully saturated rings. The zero-order chi connectivity index (χ0) is 25.8. The largest absolute Gasteiger partial charge is 2.00 e. The average molecular weight is 547 g/mol. The van der Waals surface area contributed by atoms with Crippen molar-refractivity contribution >= 4 is 46.2 Å². The number of pyridine rings is 1. The Labute approximate surface area is 227 Å². The van der Waals surface area contributed by atoms with E-state index >= 15 is 0 Å². The predicted octanol–water partition coefficient (Wildman–Crippen LogP) is 8.03. The van der Waals surface area contributed by atoms with Crippen LogP contribution in [0.2, 0.25) is 0 Å². The Morgan fingerprint density at radius 3 is 1.57 bits per heavy atom. The molecule has 2 N–H and O–H groups in total. The van der Waals surface area contributed by atoms with Gasteiger partial charge in [-0.1, -0.05) is 87.6 Å². The molecule has 0 saturated carbocycles. The number of aromatic nitrogens is 1. The van der Waals surface area contributed by atoms with Crippen molar-refractivity contribution in [3.63, 3.8) is 0 Å². The molecule has 0 bridgehead atoms. The van der Waals surface area contributed by atoms with E-state index in [1.54, 1.807) is 0 Å². The Morgan fingerprint density at radius 2 is 1.08 bits per heavy atom. The fraction of sp³-hybridized carbons (Fsp3) is 0.250. The number of hydrogen-bond donors (Lipinski definition) is 2. The second kappa shape index (κ2) is 12.0. The molecule has 3 aliphatic rings. The molecule has 0 amide bonds. The molecule has 3 unspecified atom stereocenters. The number of hydrogen-bond acceptors (Lipinski definition) is 2. The standard InChI is InChI=1S/C14H14N2.C14H13N2.Cu.H2NO3/c2*1-9-3-5-11-7-8-12-6-4-10(2)16-14(12)13(11)15-9;;2-1(3)4/h3-10H,1-2H3;3-9H,1-2H3;;(H2,2,3,4)/q-2;-1;+2;+1. The monoisotopic (exact) mass is 546 g/mol. The summed E-state index contributed by atoms with van der Waals surface area (Å²) in [4.78, 5) is 13.1. The molecule has 0 aliphatic carbocycles. The zero-order valence-corrected chi connectivity index (χ0v) is 21.9. The number of fused-ring (bicyclic) bond motifs is 6. The molecular weight excluding hydrogens is 518 g/mol. The van der Waals surface area contributed by atoms with Crippen LogP contribution in [0.15, 0.2) is 54.6 Å². The molecule has 0 saturated heterocycles. The van der Waals surface area contributed by atoms with Gasteiger partial charge in [-0.05, 0) is 35.1 Å². The van der Waals surface area contributed by atoms with Crippen molar-refractivity contribution in [2.24, 2.45) is 0 Å². The van der Waals surface area contributed by atoms with Crippen molar-refractivity contribution < 1.29 is 32.6 Å². The third-order valence-corrected chi connectivity index (χ3v) is 5.88. The van der Waals surface area contributed by atoms with Crippen molar-refractivity contribution in [2.75, 3.05) is 0 Å². The second-order valence-corrected chi connectivity index (χ2v) is 8.91. The number of benzene rings is 2. The molecule has 1 radical (unpaired) electrons. The molecule has 1 aromatic heterocycles. The first-order chi connectivity index (χ1) is 17.2. The van der Waals surface area contributed by atoms with Gasteiger partial charge in [-0.2, -0.15) is 0 Å². The van der Waals surface area contributed by atoms with Crippen LogP contribution in [0.5, 0.6) is 0 Å². The summed E-state index contributed by atoms with van der Waals surface area (Å²) in [5.74, 6) is 0. The maximum atomic E-state index is 8.47. The van der Waals surface area contributed by atoms with Crippen LogP contribution >= 0.6 is 0 Å². The smallest absolute Gasteiger partial charge is 0.679 e. The first kappa shape index (κ1) is 27.8. The first-order valence-electron chi connectivity index (χ1n) is 11.8. The molecule has 0 spiro atoms. The van der Waals surface area contributed by atoms with Gasteiger partial charge in [0, 0.05) is 5.69 Å². The number of rotatable bonds is 0. The van der Waals surface area contributed by atoms with Gasteiger partial charge in [0.1, 0.15) is 4.91 Å². The fourth-order valence-electron chi connectivity index (χ4n) is 4.18. The fourth-order valence-corrected chi connectivity index (χ4v) is 4.18. The van der Waals surface area contributed by atoms with E-state index in [2.05, 4.69) is 108 Å². The molecule has 9 heteroatoms. The molecule has 3 atom stereocenters. The summed E-state index contributed by atoms with van der Waals surface area (Å²) in [6.07, 6.45) is 12.8. The number of nitrogens with zero attached hydrogens (tertiary/aromatic N) is 5. The van der Waals surface area contributed by atoms with E-state index in [0.717, 1.165) is 33.7 Å². The van der Waals surface area contributed by atoms with Gasteiger partial charge in [0.2, 0.25) is 0 Å². The molecule has 37 heavy (non-hydrogen) atoms. The molecule has 195 valence electrons. The Bertz CT molecular complexity index is 1340. The summed E-state index contributed by atoms with van der Waals surface area (Å²) in [6, 6.07) is 13.4. The topological polar surface area (TPSA) is 116 Å². The summed E-state index contributed by atoms with van der Waals surface area (Å²) in [7, 11) is 0. The van der Waals surface area contributed by atoms with E-state index < -0.39 is 5.09 Å². The SMILES string of the molecule is CC1C=Cc2ccc3c(c2[N-]1)[N-]C(C)C=C3.Cc1ccc2ccc3c(c2n1)[N-]C(C)C=C3.O=[N+](O)O.[Cu+2]. The summed E-state index contributed by atoms with van der Waals surface area (Å²) >= 11 is 0. The van der Waals surface area contributed by atoms with Crippen LogP contribution in [0.1, 0.15) is 43.2 Å². The van der Waals surface area contributed by atoms with E-state index in [1.165, 1.54) is 16.7 Å². The molecular formula is C28H29CuN5O3. The molecule has 3 aromatic rings. The van der Waals surface area contributed by atoms with E-state index in [1.807, 2.05) is 13.0 Å². The zero-order valence-electron chi connectivity index (χ0n) is 21.0. The normalized spacial score (nSPS) is 19.5. The van der Waals surface area contributed by atoms with Gasteiger partial charge in [0.25, 0.3) is 0 Å². The summed E-state index contributed by atoms with van der Waals surface area (Å²) in [5, 5.41) is 27.7. The summed E-state index contributed by atoms with van der Waals surface area (Å²) < 4.78 is 0. The van der Waals surface area contributed by atoms with E-state index in [-0.39, 0.29) is 35.2 Å². The summed E-state index contributed by atoms with van der Waals surface area (Å²) in [6.45, 7) is 8.30. The van der Waals surface area contributed by atoms with E-state index in [9.17, 15) is 0 Å². The van der Waals surface area contributed by atoms with Gasteiger partial charge in [-0.3, -0.25) is 4.98 Å². The van der Waals surface area contributed by atoms with Gasteiger partial charge in [-0.15, -0.1) is 35.2 Å². The Kier molecular flexibility index (Phi) is 8.97. The van der Waals surface area contributed by atoms with Crippen LogP contribution in [-0.2, 0) is 17.1 Å². The van der Waals surface area contributed by atoms with E-state index in [0.29, 0.717) is 0 Å². The van der Waals surface area contributed by atoms with E-state index in [4.69, 9.17) is 15.3 Å². The molecule has 3 aliphatic heterocycles. The quantitative estimate of drug-likeness (QED) is 0.219. The van der Waals surface area contributed by atoms with Crippen molar-refractivity contribution in [3.05, 3.63) is 97.9 Å². The van der Waals surface area contributed by atoms with Gasteiger partial charge in [0.15, 0.2) is 0 Å². The van der Waals surface area contributed by atoms with Crippen LogP contribution in [0, 0.1) is 11.8 Å². The Morgan fingerprint density at radius 1 is 0.703 bits per heavy atom. The Hall–Kier alpha value is -3.81. The van der Waals surface area contributed by atoms with Gasteiger partial charge in [-0.25, -0.2) is 10.4 Å². The molecule has 4 heterocycles. The van der Waals surface area contributed by atoms with Crippen molar-refractivity contribution in [1.82, 2.24) is 4.98 Å². The summed E-state index contributed by atoms with van der Waals surface area (Å²) in [5.41, 5.74) is 8.76. The third-order valence-electron chi connectivity index (χ3n) is 5.88. The van der Waals surface area contributed by atoms with Gasteiger partial charge >= 0.3 is 22.2 Å².